The van der Waals surface area contributed by atoms with E-state index in [9.17, 15) is 14.4 Å². The van der Waals surface area contributed by atoms with Gasteiger partial charge in [0.25, 0.3) is 0 Å². The third-order valence-corrected chi connectivity index (χ3v) is 6.36. The van der Waals surface area contributed by atoms with Crippen LogP contribution in [0.4, 0.5) is 9.59 Å². The van der Waals surface area contributed by atoms with Crippen LogP contribution >= 0.6 is 15.9 Å². The van der Waals surface area contributed by atoms with Gasteiger partial charge >= 0.3 is 12.2 Å². The summed E-state index contributed by atoms with van der Waals surface area (Å²) in [5, 5.41) is 6.27. The number of fused-ring (bicyclic) bond motifs is 1. The van der Waals surface area contributed by atoms with E-state index >= 15 is 0 Å². The second-order valence-corrected chi connectivity index (χ2v) is 12.5. The van der Waals surface area contributed by atoms with E-state index in [0.29, 0.717) is 18.5 Å². The Hall–Kier alpha value is -2.88. The number of hydrazine groups is 1. The van der Waals surface area contributed by atoms with Crippen LogP contribution in [0.25, 0.3) is 10.9 Å². The maximum atomic E-state index is 13.8. The number of ether oxygens (including phenoxy) is 2. The Morgan fingerprint density at radius 2 is 1.62 bits per heavy atom. The number of carbonyl (C=O) groups is 3. The molecule has 2 atom stereocenters. The number of nitrogens with one attached hydrogen (secondary N) is 1. The number of pyridine rings is 1. The molecular formula is C27H37BrN4O5. The fourth-order valence-electron chi connectivity index (χ4n) is 4.12. The van der Waals surface area contributed by atoms with Gasteiger partial charge in [-0.05, 0) is 86.4 Å². The van der Waals surface area contributed by atoms with Crippen molar-refractivity contribution in [3.05, 3.63) is 40.5 Å². The van der Waals surface area contributed by atoms with Gasteiger partial charge in [0, 0.05) is 16.4 Å². The molecule has 1 aromatic carbocycles. The lowest BCUT2D eigenvalue weighted by atomic mass is 9.91. The van der Waals surface area contributed by atoms with Crippen molar-refractivity contribution in [2.75, 3.05) is 6.54 Å². The van der Waals surface area contributed by atoms with Crippen molar-refractivity contribution in [2.24, 2.45) is 0 Å². The van der Waals surface area contributed by atoms with Crippen LogP contribution in [0.15, 0.2) is 34.8 Å². The SMILES string of the molecule is CC(NC(=O)C1(C)CCCN(C(=O)OC(C)(C)C)N1C(=O)OC(C)(C)C)c1ccc2ccc(Br)cc2n1. The van der Waals surface area contributed by atoms with Gasteiger partial charge in [-0.25, -0.2) is 14.6 Å². The van der Waals surface area contributed by atoms with Crippen molar-refractivity contribution in [1.82, 2.24) is 20.3 Å². The minimum atomic E-state index is -1.40. The Morgan fingerprint density at radius 1 is 1.03 bits per heavy atom. The molecule has 9 nitrogen and oxygen atoms in total. The van der Waals surface area contributed by atoms with Crippen molar-refractivity contribution in [3.63, 3.8) is 0 Å². The second kappa shape index (κ2) is 10.5. The van der Waals surface area contributed by atoms with Gasteiger partial charge in [0.05, 0.1) is 17.3 Å². The summed E-state index contributed by atoms with van der Waals surface area (Å²) in [5.41, 5.74) is -1.54. The molecule has 0 aliphatic carbocycles. The Morgan fingerprint density at radius 3 is 2.24 bits per heavy atom. The van der Waals surface area contributed by atoms with Crippen LogP contribution in [0.3, 0.4) is 0 Å². The summed E-state index contributed by atoms with van der Waals surface area (Å²) in [6.07, 6.45) is -0.676. The first-order valence-electron chi connectivity index (χ1n) is 12.4. The van der Waals surface area contributed by atoms with Crippen LogP contribution in [0, 0.1) is 0 Å². The summed E-state index contributed by atoms with van der Waals surface area (Å²) in [5.74, 6) is -0.421. The fraction of sp³-hybridized carbons (Fsp3) is 0.556. The maximum absolute atomic E-state index is 13.8. The molecule has 3 amide bonds. The van der Waals surface area contributed by atoms with E-state index in [1.807, 2.05) is 37.3 Å². The van der Waals surface area contributed by atoms with Gasteiger partial charge in [-0.2, -0.15) is 5.01 Å². The number of rotatable bonds is 3. The normalized spacial score (nSPS) is 19.4. The number of aromatic nitrogens is 1. The van der Waals surface area contributed by atoms with Gasteiger partial charge in [-0.15, -0.1) is 0 Å². The molecule has 202 valence electrons. The Labute approximate surface area is 227 Å². The summed E-state index contributed by atoms with van der Waals surface area (Å²) in [6.45, 7) is 14.1. The van der Waals surface area contributed by atoms with E-state index in [2.05, 4.69) is 21.2 Å². The molecule has 1 fully saturated rings. The van der Waals surface area contributed by atoms with E-state index < -0.39 is 40.9 Å². The molecule has 10 heteroatoms. The quantitative estimate of drug-likeness (QED) is 0.472. The lowest BCUT2D eigenvalue weighted by molar-refractivity contribution is -0.156. The Kier molecular flexibility index (Phi) is 8.12. The van der Waals surface area contributed by atoms with E-state index in [1.165, 1.54) is 5.01 Å². The maximum Gasteiger partial charge on any atom is 0.430 e. The van der Waals surface area contributed by atoms with Crippen LogP contribution < -0.4 is 5.32 Å². The van der Waals surface area contributed by atoms with Crippen molar-refractivity contribution >= 4 is 44.9 Å². The van der Waals surface area contributed by atoms with E-state index in [0.717, 1.165) is 20.4 Å². The molecule has 2 unspecified atom stereocenters. The highest BCUT2D eigenvalue weighted by molar-refractivity contribution is 9.10. The van der Waals surface area contributed by atoms with E-state index in [1.54, 1.807) is 48.5 Å². The third-order valence-electron chi connectivity index (χ3n) is 5.87. The summed E-state index contributed by atoms with van der Waals surface area (Å²) in [7, 11) is 0. The smallest absolute Gasteiger partial charge is 0.430 e. The lowest BCUT2D eigenvalue weighted by Crippen LogP contribution is -2.69. The second-order valence-electron chi connectivity index (χ2n) is 11.5. The number of benzene rings is 1. The zero-order valence-corrected chi connectivity index (χ0v) is 24.4. The third kappa shape index (κ3) is 6.91. The molecule has 3 rings (SSSR count). The highest BCUT2D eigenvalue weighted by Gasteiger charge is 2.52. The van der Waals surface area contributed by atoms with Crippen LogP contribution in [0.1, 0.15) is 80.0 Å². The standard InChI is InChI=1S/C27H37BrN4O5/c1-17(20-13-11-18-10-12-19(28)16-21(18)30-20)29-22(33)27(8)14-9-15-31(23(34)36-25(2,3)4)32(27)24(35)37-26(5,6)7/h10-13,16-17H,9,14-15H2,1-8H3,(H,29,33). The van der Waals surface area contributed by atoms with Crippen LogP contribution in [-0.4, -0.2) is 56.4 Å². The van der Waals surface area contributed by atoms with Gasteiger partial charge in [-0.3, -0.25) is 9.78 Å². The largest absolute Gasteiger partial charge is 0.442 e. The number of hydrogen-bond donors (Lipinski definition) is 1. The molecule has 1 aliphatic rings. The van der Waals surface area contributed by atoms with Crippen molar-refractivity contribution in [3.8, 4) is 0 Å². The van der Waals surface area contributed by atoms with Crippen molar-refractivity contribution < 1.29 is 23.9 Å². The predicted octanol–water partition coefficient (Wildman–Crippen LogP) is 6.12. The summed E-state index contributed by atoms with van der Waals surface area (Å²) in [4.78, 5) is 45.0. The predicted molar refractivity (Wildman–Crippen MR) is 145 cm³/mol. The molecule has 0 bridgehead atoms. The molecule has 1 aromatic heterocycles. The molecule has 37 heavy (non-hydrogen) atoms. The minimum absolute atomic E-state index is 0.216. The van der Waals surface area contributed by atoms with Crippen LogP contribution in [0.2, 0.25) is 0 Å². The molecule has 1 aliphatic heterocycles. The van der Waals surface area contributed by atoms with Crippen molar-refractivity contribution in [2.45, 2.75) is 91.0 Å². The van der Waals surface area contributed by atoms with Gasteiger partial charge in [-0.1, -0.05) is 28.1 Å². The molecule has 0 radical (unpaired) electrons. The number of nitrogens with zero attached hydrogens (tertiary/aromatic N) is 3. The first-order chi connectivity index (χ1) is 17.0. The monoisotopic (exact) mass is 576 g/mol. The molecule has 0 saturated carbocycles. The first kappa shape index (κ1) is 28.7. The fourth-order valence-corrected chi connectivity index (χ4v) is 4.47. The van der Waals surface area contributed by atoms with Gasteiger partial charge in [0.1, 0.15) is 16.7 Å². The first-order valence-corrected chi connectivity index (χ1v) is 13.2. The average Bonchev–Trinajstić information content (AvgIpc) is 2.75. The van der Waals surface area contributed by atoms with E-state index in [4.69, 9.17) is 14.5 Å². The molecule has 1 N–H and O–H groups in total. The number of amides is 3. The zero-order chi connectivity index (χ0) is 27.8. The zero-order valence-electron chi connectivity index (χ0n) is 22.8. The number of halogens is 1. The van der Waals surface area contributed by atoms with Crippen LogP contribution in [0.5, 0.6) is 0 Å². The summed E-state index contributed by atoms with van der Waals surface area (Å²) in [6, 6.07) is 9.19. The average molecular weight is 578 g/mol. The highest BCUT2D eigenvalue weighted by atomic mass is 79.9. The van der Waals surface area contributed by atoms with E-state index in [-0.39, 0.29) is 6.54 Å². The number of hydrogen-bond acceptors (Lipinski definition) is 6. The summed E-state index contributed by atoms with van der Waals surface area (Å²) < 4.78 is 12.1. The van der Waals surface area contributed by atoms with Crippen molar-refractivity contribution in [1.29, 1.82) is 0 Å². The lowest BCUT2D eigenvalue weighted by Gasteiger charge is -2.49. The Bertz CT molecular complexity index is 1190. The number of carbonyl (C=O) groups excluding carboxylic acids is 3. The minimum Gasteiger partial charge on any atom is -0.442 e. The molecule has 2 aromatic rings. The Balaban J connectivity index is 1.92. The molecule has 0 spiro atoms. The molecular weight excluding hydrogens is 540 g/mol. The van der Waals surface area contributed by atoms with Gasteiger partial charge in [0.15, 0.2) is 0 Å². The summed E-state index contributed by atoms with van der Waals surface area (Å²) >= 11 is 3.47. The van der Waals surface area contributed by atoms with Gasteiger partial charge in [0.2, 0.25) is 5.91 Å². The highest BCUT2D eigenvalue weighted by Crippen LogP contribution is 2.33. The van der Waals surface area contributed by atoms with Gasteiger partial charge < -0.3 is 14.8 Å². The topological polar surface area (TPSA) is 101 Å². The van der Waals surface area contributed by atoms with Crippen LogP contribution in [-0.2, 0) is 14.3 Å². The molecule has 2 heterocycles. The molecule has 1 saturated heterocycles.